The fraction of sp³-hybridized carbons (Fsp3) is 0.500. The van der Waals surface area contributed by atoms with Crippen LogP contribution >= 0.6 is 15.9 Å². The van der Waals surface area contributed by atoms with E-state index in [1.807, 2.05) is 20.8 Å². The zero-order valence-electron chi connectivity index (χ0n) is 11.9. The molecule has 0 bridgehead atoms. The predicted octanol–water partition coefficient (Wildman–Crippen LogP) is 3.91. The molecule has 0 radical (unpaired) electrons. The first-order valence-corrected chi connectivity index (χ1v) is 7.23. The average molecular weight is 347 g/mol. The number of anilines is 1. The van der Waals surface area contributed by atoms with Gasteiger partial charge in [0.25, 0.3) is 0 Å². The van der Waals surface area contributed by atoms with E-state index in [4.69, 9.17) is 4.74 Å². The van der Waals surface area contributed by atoms with E-state index in [0.717, 1.165) is 12.1 Å². The van der Waals surface area contributed by atoms with Crippen molar-refractivity contribution in [3.05, 3.63) is 28.5 Å². The van der Waals surface area contributed by atoms with Crippen LogP contribution in [0.2, 0.25) is 0 Å². The highest BCUT2D eigenvalue weighted by Gasteiger charge is 2.15. The third-order valence-electron chi connectivity index (χ3n) is 2.27. The van der Waals surface area contributed by atoms with Crippen molar-refractivity contribution in [2.45, 2.75) is 32.8 Å². The molecule has 0 heterocycles. The standard InChI is InChI=1S/C14H20BrFN2O2/c1-14(2,3)20-13(19)18-8-4-7-17-12-6-5-10(16)9-11(12)15/h5-6,9,17H,4,7-8H2,1-3H3,(H,18,19). The molecule has 0 unspecified atom stereocenters. The summed E-state index contributed by atoms with van der Waals surface area (Å²) in [5.74, 6) is -0.283. The Morgan fingerprint density at radius 1 is 1.35 bits per heavy atom. The monoisotopic (exact) mass is 346 g/mol. The van der Waals surface area contributed by atoms with Crippen molar-refractivity contribution >= 4 is 27.7 Å². The zero-order valence-corrected chi connectivity index (χ0v) is 13.5. The fourth-order valence-electron chi connectivity index (χ4n) is 1.45. The Hall–Kier alpha value is -1.30. The smallest absolute Gasteiger partial charge is 0.407 e. The number of ether oxygens (including phenoxy) is 1. The van der Waals surface area contributed by atoms with Crippen LogP contribution in [0.15, 0.2) is 22.7 Å². The molecular weight excluding hydrogens is 327 g/mol. The maximum absolute atomic E-state index is 12.9. The molecule has 112 valence electrons. The van der Waals surface area contributed by atoms with Crippen molar-refractivity contribution in [3.63, 3.8) is 0 Å². The Labute approximate surface area is 127 Å². The highest BCUT2D eigenvalue weighted by Crippen LogP contribution is 2.22. The summed E-state index contributed by atoms with van der Waals surface area (Å²) in [6.07, 6.45) is 0.323. The number of hydrogen-bond donors (Lipinski definition) is 2. The largest absolute Gasteiger partial charge is 0.444 e. The molecule has 0 atom stereocenters. The van der Waals surface area contributed by atoms with Crippen LogP contribution in [0.4, 0.5) is 14.9 Å². The van der Waals surface area contributed by atoms with Crippen LogP contribution in [0.3, 0.4) is 0 Å². The summed E-state index contributed by atoms with van der Waals surface area (Å²) in [6, 6.07) is 4.47. The molecule has 0 spiro atoms. The molecule has 0 aromatic heterocycles. The lowest BCUT2D eigenvalue weighted by Crippen LogP contribution is -2.33. The van der Waals surface area contributed by atoms with E-state index in [9.17, 15) is 9.18 Å². The van der Waals surface area contributed by atoms with Gasteiger partial charge in [-0.25, -0.2) is 9.18 Å². The molecule has 0 fully saturated rings. The minimum Gasteiger partial charge on any atom is -0.444 e. The predicted molar refractivity (Wildman–Crippen MR) is 81.4 cm³/mol. The molecule has 0 saturated carbocycles. The van der Waals surface area contributed by atoms with Gasteiger partial charge in [0.05, 0.1) is 0 Å². The number of nitrogens with one attached hydrogen (secondary N) is 2. The number of carbonyl (C=O) groups excluding carboxylic acids is 1. The lowest BCUT2D eigenvalue weighted by molar-refractivity contribution is 0.0528. The van der Waals surface area contributed by atoms with Crippen molar-refractivity contribution in [1.82, 2.24) is 5.32 Å². The van der Waals surface area contributed by atoms with E-state index in [1.54, 1.807) is 6.07 Å². The van der Waals surface area contributed by atoms with Crippen LogP contribution in [-0.4, -0.2) is 24.8 Å². The van der Waals surface area contributed by atoms with Gasteiger partial charge in [-0.1, -0.05) is 0 Å². The summed E-state index contributed by atoms with van der Waals surface area (Å²) < 4.78 is 18.7. The maximum Gasteiger partial charge on any atom is 0.407 e. The van der Waals surface area contributed by atoms with Crippen molar-refractivity contribution < 1.29 is 13.9 Å². The Balaban J connectivity index is 2.21. The van der Waals surface area contributed by atoms with E-state index in [-0.39, 0.29) is 5.82 Å². The Bertz CT molecular complexity index is 461. The van der Waals surface area contributed by atoms with E-state index in [0.29, 0.717) is 17.6 Å². The van der Waals surface area contributed by atoms with Gasteiger partial charge >= 0.3 is 6.09 Å². The van der Waals surface area contributed by atoms with E-state index in [2.05, 4.69) is 26.6 Å². The van der Waals surface area contributed by atoms with Crippen LogP contribution in [0.25, 0.3) is 0 Å². The average Bonchev–Trinajstić information content (AvgIpc) is 2.28. The second-order valence-corrected chi connectivity index (χ2v) is 6.19. The number of alkyl carbamates (subject to hydrolysis) is 1. The fourth-order valence-corrected chi connectivity index (χ4v) is 1.94. The highest BCUT2D eigenvalue weighted by molar-refractivity contribution is 9.10. The summed E-state index contributed by atoms with van der Waals surface area (Å²) in [6.45, 7) is 6.64. The molecule has 1 rings (SSSR count). The SMILES string of the molecule is CC(C)(C)OC(=O)NCCCNc1ccc(F)cc1Br. The normalized spacial score (nSPS) is 11.1. The second kappa shape index (κ2) is 7.47. The summed E-state index contributed by atoms with van der Waals surface area (Å²) >= 11 is 3.28. The van der Waals surface area contributed by atoms with Crippen molar-refractivity contribution in [2.75, 3.05) is 18.4 Å². The molecule has 0 aliphatic heterocycles. The van der Waals surface area contributed by atoms with Gasteiger partial charge in [-0.15, -0.1) is 0 Å². The topological polar surface area (TPSA) is 50.4 Å². The van der Waals surface area contributed by atoms with Crippen LogP contribution in [-0.2, 0) is 4.74 Å². The van der Waals surface area contributed by atoms with Crippen LogP contribution < -0.4 is 10.6 Å². The first-order chi connectivity index (χ1) is 9.28. The van der Waals surface area contributed by atoms with Crippen LogP contribution in [0.5, 0.6) is 0 Å². The molecule has 0 aliphatic carbocycles. The van der Waals surface area contributed by atoms with E-state index < -0.39 is 11.7 Å². The molecule has 1 aromatic carbocycles. The maximum atomic E-state index is 12.9. The van der Waals surface area contributed by atoms with E-state index in [1.165, 1.54) is 12.1 Å². The van der Waals surface area contributed by atoms with Crippen molar-refractivity contribution in [1.29, 1.82) is 0 Å². The minimum absolute atomic E-state index is 0.283. The third-order valence-corrected chi connectivity index (χ3v) is 2.92. The van der Waals surface area contributed by atoms with Gasteiger partial charge in [0, 0.05) is 23.2 Å². The molecular formula is C14H20BrFN2O2. The number of hydrogen-bond acceptors (Lipinski definition) is 3. The number of rotatable bonds is 5. The molecule has 0 saturated heterocycles. The van der Waals surface area contributed by atoms with Crippen LogP contribution in [0, 0.1) is 5.82 Å². The molecule has 2 N–H and O–H groups in total. The number of amides is 1. The molecule has 1 amide bonds. The molecule has 4 nitrogen and oxygen atoms in total. The highest BCUT2D eigenvalue weighted by atomic mass is 79.9. The first-order valence-electron chi connectivity index (χ1n) is 6.44. The molecule has 1 aromatic rings. The second-order valence-electron chi connectivity index (χ2n) is 5.33. The Morgan fingerprint density at radius 3 is 2.65 bits per heavy atom. The van der Waals surface area contributed by atoms with Gasteiger partial charge in [-0.3, -0.25) is 0 Å². The zero-order chi connectivity index (χ0) is 15.2. The van der Waals surface area contributed by atoms with Gasteiger partial charge in [-0.2, -0.15) is 0 Å². The van der Waals surface area contributed by atoms with Gasteiger partial charge in [-0.05, 0) is 61.3 Å². The summed E-state index contributed by atoms with van der Waals surface area (Å²) in [7, 11) is 0. The van der Waals surface area contributed by atoms with E-state index >= 15 is 0 Å². The Kier molecular flexibility index (Phi) is 6.26. The third kappa shape index (κ3) is 6.75. The molecule has 20 heavy (non-hydrogen) atoms. The van der Waals surface area contributed by atoms with Crippen LogP contribution in [0.1, 0.15) is 27.2 Å². The summed E-state index contributed by atoms with van der Waals surface area (Å²) in [4.78, 5) is 11.4. The van der Waals surface area contributed by atoms with Gasteiger partial charge < -0.3 is 15.4 Å². The first kappa shape index (κ1) is 16.8. The quantitative estimate of drug-likeness (QED) is 0.794. The van der Waals surface area contributed by atoms with Crippen molar-refractivity contribution in [2.24, 2.45) is 0 Å². The van der Waals surface area contributed by atoms with Crippen molar-refractivity contribution in [3.8, 4) is 0 Å². The number of carbonyl (C=O) groups is 1. The summed E-state index contributed by atoms with van der Waals surface area (Å²) in [5, 5.41) is 5.83. The van der Waals surface area contributed by atoms with Gasteiger partial charge in [0.15, 0.2) is 0 Å². The number of benzene rings is 1. The molecule has 0 aliphatic rings. The lowest BCUT2D eigenvalue weighted by Gasteiger charge is -2.19. The Morgan fingerprint density at radius 2 is 2.05 bits per heavy atom. The van der Waals surface area contributed by atoms with Gasteiger partial charge in [0.1, 0.15) is 11.4 Å². The summed E-state index contributed by atoms with van der Waals surface area (Å²) in [5.41, 5.74) is 0.338. The molecule has 6 heteroatoms. The number of halogens is 2. The minimum atomic E-state index is -0.485. The lowest BCUT2D eigenvalue weighted by atomic mass is 10.2. The van der Waals surface area contributed by atoms with Gasteiger partial charge in [0.2, 0.25) is 0 Å².